The minimum Gasteiger partial charge on any atom is -0.340 e. The molecule has 0 radical (unpaired) electrons. The first-order chi connectivity index (χ1) is 11.6. The van der Waals surface area contributed by atoms with E-state index in [9.17, 15) is 4.79 Å². The summed E-state index contributed by atoms with van der Waals surface area (Å²) >= 11 is 0. The van der Waals surface area contributed by atoms with E-state index in [1.165, 1.54) is 6.42 Å². The van der Waals surface area contributed by atoms with Crippen LogP contribution in [0.1, 0.15) is 43.6 Å². The lowest BCUT2D eigenvalue weighted by molar-refractivity contribution is -0.135. The second-order valence-electron chi connectivity index (χ2n) is 6.64. The molecule has 1 fully saturated rings. The summed E-state index contributed by atoms with van der Waals surface area (Å²) in [5.41, 5.74) is 1.12. The fourth-order valence-corrected chi connectivity index (χ4v) is 3.58. The third-order valence-electron chi connectivity index (χ3n) is 5.09. The summed E-state index contributed by atoms with van der Waals surface area (Å²) in [6.07, 6.45) is 11.5. The maximum absolute atomic E-state index is 12.7. The fourth-order valence-electron chi connectivity index (χ4n) is 3.58. The van der Waals surface area contributed by atoms with Gasteiger partial charge in [-0.2, -0.15) is 5.10 Å². The van der Waals surface area contributed by atoms with Crippen molar-refractivity contribution < 1.29 is 4.79 Å². The Morgan fingerprint density at radius 2 is 2.21 bits per heavy atom. The normalized spacial score (nSPS) is 18.1. The van der Waals surface area contributed by atoms with Gasteiger partial charge < -0.3 is 9.47 Å². The van der Waals surface area contributed by atoms with Crippen molar-refractivity contribution in [2.75, 3.05) is 6.54 Å². The van der Waals surface area contributed by atoms with Gasteiger partial charge in [-0.05, 0) is 45.1 Å². The van der Waals surface area contributed by atoms with Crippen molar-refractivity contribution >= 4 is 5.91 Å². The summed E-state index contributed by atoms with van der Waals surface area (Å²) in [5.74, 6) is 1.32. The molecule has 2 aromatic heterocycles. The molecule has 24 heavy (non-hydrogen) atoms. The van der Waals surface area contributed by atoms with Crippen molar-refractivity contribution in [1.29, 1.82) is 0 Å². The van der Waals surface area contributed by atoms with E-state index >= 15 is 0 Å². The van der Waals surface area contributed by atoms with Crippen LogP contribution in [0.15, 0.2) is 24.7 Å². The quantitative estimate of drug-likeness (QED) is 0.817. The molecule has 1 aliphatic rings. The molecule has 6 nitrogen and oxygen atoms in total. The Labute approximate surface area is 143 Å². The molecule has 6 heteroatoms. The number of aryl methyl sites for hydroxylation is 4. The average Bonchev–Trinajstić information content (AvgIpc) is 3.19. The SMILES string of the molecule is Cc1nccn1CCC1CCCCN1C(=O)CCc1ccnn1C. The first kappa shape index (κ1) is 16.7. The minimum atomic E-state index is 0.281. The molecule has 0 N–H and O–H groups in total. The zero-order valence-corrected chi connectivity index (χ0v) is 14.7. The summed E-state index contributed by atoms with van der Waals surface area (Å²) < 4.78 is 4.02. The number of nitrogens with zero attached hydrogens (tertiary/aromatic N) is 5. The fraction of sp³-hybridized carbons (Fsp3) is 0.611. The zero-order chi connectivity index (χ0) is 16.9. The van der Waals surface area contributed by atoms with Crippen LogP contribution in [0.2, 0.25) is 0 Å². The van der Waals surface area contributed by atoms with Crippen molar-refractivity contribution in [1.82, 2.24) is 24.2 Å². The number of hydrogen-bond acceptors (Lipinski definition) is 3. The number of carbonyl (C=O) groups is 1. The van der Waals surface area contributed by atoms with Gasteiger partial charge >= 0.3 is 0 Å². The molecule has 1 amide bonds. The number of rotatable bonds is 6. The molecule has 130 valence electrons. The molecule has 0 spiro atoms. The van der Waals surface area contributed by atoms with E-state index in [0.717, 1.165) is 50.3 Å². The van der Waals surface area contributed by atoms with Gasteiger partial charge in [-0.25, -0.2) is 4.98 Å². The van der Waals surface area contributed by atoms with Gasteiger partial charge in [0.15, 0.2) is 0 Å². The van der Waals surface area contributed by atoms with Crippen LogP contribution in [0.4, 0.5) is 0 Å². The van der Waals surface area contributed by atoms with E-state index in [2.05, 4.69) is 19.5 Å². The highest BCUT2D eigenvalue weighted by molar-refractivity contribution is 5.76. The number of hydrogen-bond donors (Lipinski definition) is 0. The average molecular weight is 329 g/mol. The molecule has 1 unspecified atom stereocenters. The minimum absolute atomic E-state index is 0.281. The molecule has 2 aromatic rings. The molecule has 1 saturated heterocycles. The number of amides is 1. The molecule has 0 aromatic carbocycles. The number of aromatic nitrogens is 4. The van der Waals surface area contributed by atoms with E-state index in [0.29, 0.717) is 12.5 Å². The van der Waals surface area contributed by atoms with Gasteiger partial charge in [-0.15, -0.1) is 0 Å². The predicted molar refractivity (Wildman–Crippen MR) is 92.5 cm³/mol. The second-order valence-corrected chi connectivity index (χ2v) is 6.64. The Balaban J connectivity index is 1.56. The van der Waals surface area contributed by atoms with Crippen LogP contribution >= 0.6 is 0 Å². The lowest BCUT2D eigenvalue weighted by Gasteiger charge is -2.36. The summed E-state index contributed by atoms with van der Waals surface area (Å²) in [6.45, 7) is 3.86. The van der Waals surface area contributed by atoms with Crippen LogP contribution in [0.3, 0.4) is 0 Å². The summed E-state index contributed by atoms with van der Waals surface area (Å²) in [7, 11) is 1.93. The van der Waals surface area contributed by atoms with E-state index in [4.69, 9.17) is 0 Å². The Kier molecular flexibility index (Phi) is 5.33. The topological polar surface area (TPSA) is 56.0 Å². The van der Waals surface area contributed by atoms with Gasteiger partial charge in [0.1, 0.15) is 5.82 Å². The Hall–Kier alpha value is -2.11. The molecule has 3 rings (SSSR count). The maximum atomic E-state index is 12.7. The third kappa shape index (κ3) is 3.86. The number of likely N-dealkylation sites (tertiary alicyclic amines) is 1. The second kappa shape index (κ2) is 7.64. The Bertz CT molecular complexity index is 675. The highest BCUT2D eigenvalue weighted by Crippen LogP contribution is 2.22. The van der Waals surface area contributed by atoms with Gasteiger partial charge in [0.2, 0.25) is 5.91 Å². The van der Waals surface area contributed by atoms with Crippen molar-refractivity contribution in [3.63, 3.8) is 0 Å². The van der Waals surface area contributed by atoms with Crippen LogP contribution < -0.4 is 0 Å². The Morgan fingerprint density at radius 3 is 2.92 bits per heavy atom. The van der Waals surface area contributed by atoms with Crippen LogP contribution in [-0.2, 0) is 24.8 Å². The van der Waals surface area contributed by atoms with Gasteiger partial charge in [0.05, 0.1) is 0 Å². The monoisotopic (exact) mass is 329 g/mol. The number of carbonyl (C=O) groups excluding carboxylic acids is 1. The molecule has 0 aliphatic carbocycles. The first-order valence-corrected chi connectivity index (χ1v) is 8.89. The van der Waals surface area contributed by atoms with E-state index in [-0.39, 0.29) is 5.91 Å². The molecule has 0 saturated carbocycles. The van der Waals surface area contributed by atoms with Crippen molar-refractivity contribution in [2.45, 2.75) is 58.0 Å². The molecule has 1 atom stereocenters. The van der Waals surface area contributed by atoms with Gasteiger partial charge in [-0.1, -0.05) is 0 Å². The van der Waals surface area contributed by atoms with Gasteiger partial charge in [0, 0.05) is 56.9 Å². The van der Waals surface area contributed by atoms with Crippen LogP contribution in [-0.4, -0.2) is 42.7 Å². The standard InChI is InChI=1S/C18H27N5O/c1-15-19-11-14-22(15)13-9-17-5-3-4-12-23(17)18(24)7-6-16-8-10-20-21(16)2/h8,10-11,14,17H,3-7,9,12-13H2,1-2H3. The lowest BCUT2D eigenvalue weighted by Crippen LogP contribution is -2.44. The number of imidazole rings is 1. The van der Waals surface area contributed by atoms with Crippen LogP contribution in [0, 0.1) is 6.92 Å². The first-order valence-electron chi connectivity index (χ1n) is 8.89. The highest BCUT2D eigenvalue weighted by atomic mass is 16.2. The van der Waals surface area contributed by atoms with Gasteiger partial charge in [0.25, 0.3) is 0 Å². The molecule has 3 heterocycles. The zero-order valence-electron chi connectivity index (χ0n) is 14.7. The summed E-state index contributed by atoms with van der Waals surface area (Å²) in [4.78, 5) is 19.1. The molecule has 1 aliphatic heterocycles. The van der Waals surface area contributed by atoms with E-state index < -0.39 is 0 Å². The Morgan fingerprint density at radius 1 is 1.33 bits per heavy atom. The van der Waals surface area contributed by atoms with Crippen molar-refractivity contribution in [2.24, 2.45) is 7.05 Å². The van der Waals surface area contributed by atoms with Crippen LogP contribution in [0.5, 0.6) is 0 Å². The van der Waals surface area contributed by atoms with Crippen LogP contribution in [0.25, 0.3) is 0 Å². The van der Waals surface area contributed by atoms with E-state index in [1.54, 1.807) is 6.20 Å². The predicted octanol–water partition coefficient (Wildman–Crippen LogP) is 2.33. The highest BCUT2D eigenvalue weighted by Gasteiger charge is 2.26. The molecular weight excluding hydrogens is 302 g/mol. The summed E-state index contributed by atoms with van der Waals surface area (Å²) in [5, 5.41) is 4.17. The summed E-state index contributed by atoms with van der Waals surface area (Å²) in [6, 6.07) is 2.35. The third-order valence-corrected chi connectivity index (χ3v) is 5.09. The van der Waals surface area contributed by atoms with Crippen molar-refractivity contribution in [3.8, 4) is 0 Å². The smallest absolute Gasteiger partial charge is 0.223 e. The maximum Gasteiger partial charge on any atom is 0.223 e. The lowest BCUT2D eigenvalue weighted by atomic mass is 9.98. The van der Waals surface area contributed by atoms with E-state index in [1.807, 2.05) is 37.1 Å². The molecular formula is C18H27N5O. The van der Waals surface area contributed by atoms with Gasteiger partial charge in [-0.3, -0.25) is 9.48 Å². The largest absolute Gasteiger partial charge is 0.340 e. The molecule has 0 bridgehead atoms. The number of piperidine rings is 1. The van der Waals surface area contributed by atoms with Crippen molar-refractivity contribution in [3.05, 3.63) is 36.2 Å².